The van der Waals surface area contributed by atoms with Crippen LogP contribution in [0.4, 0.5) is 4.39 Å². The maximum Gasteiger partial charge on any atom is 0.137 e. The third-order valence-electron chi connectivity index (χ3n) is 4.76. The van der Waals surface area contributed by atoms with Gasteiger partial charge in [-0.15, -0.1) is 0 Å². The minimum Gasteiger partial charge on any atom is -0.325 e. The molecule has 20 heavy (non-hydrogen) atoms. The van der Waals surface area contributed by atoms with Crippen molar-refractivity contribution in [1.82, 2.24) is 0 Å². The lowest BCUT2D eigenvalue weighted by Gasteiger charge is -2.46. The second-order valence-electron chi connectivity index (χ2n) is 6.90. The van der Waals surface area contributed by atoms with Crippen molar-refractivity contribution in [2.75, 3.05) is 0 Å². The Hall–Kier alpha value is -0.410. The van der Waals surface area contributed by atoms with Crippen molar-refractivity contribution in [2.45, 2.75) is 52.0 Å². The van der Waals surface area contributed by atoms with Gasteiger partial charge in [0.2, 0.25) is 0 Å². The highest BCUT2D eigenvalue weighted by Crippen LogP contribution is 2.41. The van der Waals surface area contributed by atoms with Crippen molar-refractivity contribution in [3.63, 3.8) is 0 Å². The molecule has 0 amide bonds. The van der Waals surface area contributed by atoms with E-state index >= 15 is 0 Å². The zero-order valence-corrected chi connectivity index (χ0v) is 14.2. The number of hydrogen-bond donors (Lipinski definition) is 1. The highest BCUT2D eigenvalue weighted by atomic mass is 79.9. The summed E-state index contributed by atoms with van der Waals surface area (Å²) < 4.78 is 13.9. The summed E-state index contributed by atoms with van der Waals surface area (Å²) in [5.74, 6) is 1.61. The van der Waals surface area contributed by atoms with Crippen molar-refractivity contribution >= 4 is 15.9 Å². The van der Waals surface area contributed by atoms with Gasteiger partial charge in [-0.05, 0) is 70.6 Å². The summed E-state index contributed by atoms with van der Waals surface area (Å²) in [6, 6.07) is 5.27. The van der Waals surface area contributed by atoms with Crippen LogP contribution in [0.1, 0.15) is 45.6 Å². The van der Waals surface area contributed by atoms with E-state index in [1.54, 1.807) is 0 Å². The molecule has 112 valence electrons. The molecule has 0 radical (unpaired) electrons. The van der Waals surface area contributed by atoms with Gasteiger partial charge in [0.15, 0.2) is 0 Å². The Morgan fingerprint density at radius 1 is 1.40 bits per heavy atom. The topological polar surface area (TPSA) is 26.0 Å². The van der Waals surface area contributed by atoms with Gasteiger partial charge >= 0.3 is 0 Å². The molecule has 0 aromatic heterocycles. The molecule has 2 rings (SSSR count). The lowest BCUT2D eigenvalue weighted by Crippen LogP contribution is -2.54. The van der Waals surface area contributed by atoms with Crippen molar-refractivity contribution in [1.29, 1.82) is 0 Å². The van der Waals surface area contributed by atoms with Crippen LogP contribution < -0.4 is 5.73 Å². The Kier molecular flexibility index (Phi) is 4.91. The van der Waals surface area contributed by atoms with Crippen LogP contribution >= 0.6 is 15.9 Å². The molecular weight excluding hydrogens is 317 g/mol. The molecule has 1 nitrogen and oxygen atoms in total. The van der Waals surface area contributed by atoms with Crippen molar-refractivity contribution in [3.05, 3.63) is 34.1 Å². The van der Waals surface area contributed by atoms with E-state index in [1.165, 1.54) is 18.9 Å². The number of benzene rings is 1. The summed E-state index contributed by atoms with van der Waals surface area (Å²) >= 11 is 3.27. The molecule has 1 aliphatic rings. The minimum absolute atomic E-state index is 0.164. The number of nitrogens with two attached hydrogens (primary N) is 1. The summed E-state index contributed by atoms with van der Waals surface area (Å²) in [4.78, 5) is 0. The fourth-order valence-electron chi connectivity index (χ4n) is 3.88. The van der Waals surface area contributed by atoms with Crippen LogP contribution in [0, 0.1) is 23.6 Å². The molecule has 2 N–H and O–H groups in total. The lowest BCUT2D eigenvalue weighted by atomic mass is 9.63. The van der Waals surface area contributed by atoms with Crippen LogP contribution in [0.15, 0.2) is 22.7 Å². The summed E-state index contributed by atoms with van der Waals surface area (Å²) in [5.41, 5.74) is 7.77. The Morgan fingerprint density at radius 2 is 2.10 bits per heavy atom. The summed E-state index contributed by atoms with van der Waals surface area (Å²) in [7, 11) is 0. The summed E-state index contributed by atoms with van der Waals surface area (Å²) in [6.07, 6.45) is 4.37. The van der Waals surface area contributed by atoms with Crippen molar-refractivity contribution in [2.24, 2.45) is 23.5 Å². The SMILES string of the molecule is CC1CCC(C(C)C)C(N)(Cc2ccc(F)c(Br)c2)C1. The first-order chi connectivity index (χ1) is 9.32. The van der Waals surface area contributed by atoms with Gasteiger partial charge in [-0.1, -0.05) is 33.3 Å². The van der Waals surface area contributed by atoms with Crippen molar-refractivity contribution in [3.8, 4) is 0 Å². The molecule has 1 fully saturated rings. The summed E-state index contributed by atoms with van der Waals surface area (Å²) in [6.45, 7) is 6.82. The van der Waals surface area contributed by atoms with Gasteiger partial charge in [0, 0.05) is 5.54 Å². The van der Waals surface area contributed by atoms with E-state index in [2.05, 4.69) is 36.7 Å². The Balaban J connectivity index is 2.24. The van der Waals surface area contributed by atoms with E-state index in [1.807, 2.05) is 12.1 Å². The maximum atomic E-state index is 13.4. The smallest absolute Gasteiger partial charge is 0.137 e. The van der Waals surface area contributed by atoms with Gasteiger partial charge in [0.1, 0.15) is 5.82 Å². The van der Waals surface area contributed by atoms with E-state index in [0.717, 1.165) is 18.4 Å². The fourth-order valence-corrected chi connectivity index (χ4v) is 4.31. The van der Waals surface area contributed by atoms with Crippen LogP contribution in [0.3, 0.4) is 0 Å². The van der Waals surface area contributed by atoms with Gasteiger partial charge in [0.25, 0.3) is 0 Å². The molecular formula is C17H25BrFN. The molecule has 1 aromatic rings. The normalized spacial score (nSPS) is 30.8. The first kappa shape index (κ1) is 16.0. The Bertz CT molecular complexity index is 474. The molecule has 3 atom stereocenters. The first-order valence-electron chi connectivity index (χ1n) is 7.54. The van der Waals surface area contributed by atoms with Crippen molar-refractivity contribution < 1.29 is 4.39 Å². The van der Waals surface area contributed by atoms with Crippen LogP contribution in [-0.4, -0.2) is 5.54 Å². The van der Waals surface area contributed by atoms with Crippen LogP contribution in [-0.2, 0) is 6.42 Å². The Morgan fingerprint density at radius 3 is 2.70 bits per heavy atom. The minimum atomic E-state index is -0.211. The van der Waals surface area contributed by atoms with E-state index in [9.17, 15) is 4.39 Å². The molecule has 1 aromatic carbocycles. The molecule has 3 heteroatoms. The maximum absolute atomic E-state index is 13.4. The monoisotopic (exact) mass is 341 g/mol. The number of hydrogen-bond acceptors (Lipinski definition) is 1. The third kappa shape index (κ3) is 3.43. The highest BCUT2D eigenvalue weighted by molar-refractivity contribution is 9.10. The molecule has 1 saturated carbocycles. The Labute approximate surface area is 130 Å². The van der Waals surface area contributed by atoms with Crippen LogP contribution in [0.25, 0.3) is 0 Å². The second-order valence-corrected chi connectivity index (χ2v) is 7.75. The van der Waals surface area contributed by atoms with Crippen LogP contribution in [0.2, 0.25) is 0 Å². The summed E-state index contributed by atoms with van der Waals surface area (Å²) in [5, 5.41) is 0. The van der Waals surface area contributed by atoms with Crippen LogP contribution in [0.5, 0.6) is 0 Å². The fraction of sp³-hybridized carbons (Fsp3) is 0.647. The lowest BCUT2D eigenvalue weighted by molar-refractivity contribution is 0.109. The standard InChI is InChI=1S/C17H25BrFN/c1-11(2)14-6-4-12(3)9-17(14,20)10-13-5-7-16(19)15(18)8-13/h5,7-8,11-12,14H,4,6,9-10,20H2,1-3H3. The first-order valence-corrected chi connectivity index (χ1v) is 8.34. The average molecular weight is 342 g/mol. The molecule has 3 unspecified atom stereocenters. The van der Waals surface area contributed by atoms with Gasteiger partial charge in [-0.25, -0.2) is 4.39 Å². The second kappa shape index (κ2) is 6.15. The van der Waals surface area contributed by atoms with E-state index < -0.39 is 0 Å². The van der Waals surface area contributed by atoms with E-state index in [0.29, 0.717) is 22.2 Å². The van der Waals surface area contributed by atoms with E-state index in [4.69, 9.17) is 5.73 Å². The van der Waals surface area contributed by atoms with Gasteiger partial charge < -0.3 is 5.73 Å². The molecule has 1 aliphatic carbocycles. The van der Waals surface area contributed by atoms with Gasteiger partial charge in [0.05, 0.1) is 4.47 Å². The number of halogens is 2. The quantitative estimate of drug-likeness (QED) is 0.829. The van der Waals surface area contributed by atoms with Gasteiger partial charge in [-0.3, -0.25) is 0 Å². The zero-order valence-electron chi connectivity index (χ0n) is 12.6. The molecule has 0 heterocycles. The van der Waals surface area contributed by atoms with E-state index in [-0.39, 0.29) is 11.4 Å². The van der Waals surface area contributed by atoms with Gasteiger partial charge in [-0.2, -0.15) is 0 Å². The molecule has 0 spiro atoms. The average Bonchev–Trinajstić information content (AvgIpc) is 2.32. The predicted molar refractivity (Wildman–Crippen MR) is 86.1 cm³/mol. The predicted octanol–water partition coefficient (Wildman–Crippen LogP) is 4.92. The molecule has 0 aliphatic heterocycles. The highest BCUT2D eigenvalue weighted by Gasteiger charge is 2.41. The zero-order chi connectivity index (χ0) is 14.9. The largest absolute Gasteiger partial charge is 0.325 e. The molecule has 0 bridgehead atoms. The third-order valence-corrected chi connectivity index (χ3v) is 5.37. The number of rotatable bonds is 3. The molecule has 0 saturated heterocycles.